The molecule has 1 amide bonds. The number of carbonyl (C=O) groups excluding carboxylic acids is 1. The molecule has 4 nitrogen and oxygen atoms in total. The predicted octanol–water partition coefficient (Wildman–Crippen LogP) is 1.17. The van der Waals surface area contributed by atoms with E-state index in [9.17, 15) is 9.90 Å². The molecule has 0 spiro atoms. The van der Waals surface area contributed by atoms with Crippen LogP contribution in [0.15, 0.2) is 0 Å². The maximum absolute atomic E-state index is 12.4. The topological polar surface area (TPSA) is 49.8 Å². The minimum absolute atomic E-state index is 0.0598. The first-order valence-electron chi connectivity index (χ1n) is 6.74. The van der Waals surface area contributed by atoms with Gasteiger partial charge < -0.3 is 14.7 Å². The summed E-state index contributed by atoms with van der Waals surface area (Å²) >= 11 is 0. The standard InChI is InChI=1S/C13H23NO3/c1-10(15)8-12-4-2-3-6-14(12)13(16)11-5-7-17-9-11/h10-12,15H,2-9H2,1H3. The van der Waals surface area contributed by atoms with Crippen molar-refractivity contribution in [1.82, 2.24) is 4.90 Å². The molecule has 2 fully saturated rings. The van der Waals surface area contributed by atoms with Crippen LogP contribution in [0.2, 0.25) is 0 Å². The molecule has 0 aromatic heterocycles. The van der Waals surface area contributed by atoms with E-state index < -0.39 is 0 Å². The van der Waals surface area contributed by atoms with Crippen molar-refractivity contribution in [2.75, 3.05) is 19.8 Å². The molecule has 2 saturated heterocycles. The normalized spacial score (nSPS) is 31.5. The van der Waals surface area contributed by atoms with E-state index in [0.717, 1.165) is 25.8 Å². The number of nitrogens with zero attached hydrogens (tertiary/aromatic N) is 1. The zero-order valence-electron chi connectivity index (χ0n) is 10.6. The number of likely N-dealkylation sites (tertiary alicyclic amines) is 1. The Bertz CT molecular complexity index is 261. The Morgan fingerprint density at radius 2 is 2.29 bits per heavy atom. The third-order valence-corrected chi connectivity index (χ3v) is 3.80. The van der Waals surface area contributed by atoms with Crippen LogP contribution in [-0.2, 0) is 9.53 Å². The van der Waals surface area contributed by atoms with Crippen molar-refractivity contribution in [2.24, 2.45) is 5.92 Å². The van der Waals surface area contributed by atoms with Crippen LogP contribution < -0.4 is 0 Å². The highest BCUT2D eigenvalue weighted by atomic mass is 16.5. The number of hydrogen-bond acceptors (Lipinski definition) is 3. The summed E-state index contributed by atoms with van der Waals surface area (Å²) in [6.07, 6.45) is 4.53. The first kappa shape index (κ1) is 12.8. The molecule has 4 heteroatoms. The number of aliphatic hydroxyl groups excluding tert-OH is 1. The van der Waals surface area contributed by atoms with Crippen LogP contribution in [0, 0.1) is 5.92 Å². The number of aliphatic hydroxyl groups is 1. The minimum atomic E-state index is -0.326. The van der Waals surface area contributed by atoms with Gasteiger partial charge in [0.15, 0.2) is 0 Å². The number of ether oxygens (including phenoxy) is 1. The summed E-state index contributed by atoms with van der Waals surface area (Å²) < 4.78 is 5.29. The van der Waals surface area contributed by atoms with Gasteiger partial charge in [0.1, 0.15) is 0 Å². The second-order valence-corrected chi connectivity index (χ2v) is 5.33. The molecule has 0 radical (unpaired) electrons. The largest absolute Gasteiger partial charge is 0.393 e. The lowest BCUT2D eigenvalue weighted by molar-refractivity contribution is -0.139. The Hall–Kier alpha value is -0.610. The molecule has 17 heavy (non-hydrogen) atoms. The molecular formula is C13H23NO3. The quantitative estimate of drug-likeness (QED) is 0.807. The van der Waals surface area contributed by atoms with E-state index in [1.165, 1.54) is 6.42 Å². The van der Waals surface area contributed by atoms with Gasteiger partial charge in [-0.2, -0.15) is 0 Å². The van der Waals surface area contributed by atoms with Crippen LogP contribution in [-0.4, -0.2) is 47.8 Å². The van der Waals surface area contributed by atoms with Crippen LogP contribution in [0.1, 0.15) is 39.0 Å². The second kappa shape index (κ2) is 5.83. The lowest BCUT2D eigenvalue weighted by atomic mass is 9.95. The molecule has 0 saturated carbocycles. The first-order valence-corrected chi connectivity index (χ1v) is 6.74. The van der Waals surface area contributed by atoms with Crippen molar-refractivity contribution < 1.29 is 14.6 Å². The van der Waals surface area contributed by atoms with E-state index in [2.05, 4.69) is 0 Å². The van der Waals surface area contributed by atoms with Crippen LogP contribution in [0.4, 0.5) is 0 Å². The molecule has 2 aliphatic heterocycles. The fraction of sp³-hybridized carbons (Fsp3) is 0.923. The Kier molecular flexibility index (Phi) is 4.40. The maximum Gasteiger partial charge on any atom is 0.228 e. The van der Waals surface area contributed by atoms with E-state index in [4.69, 9.17) is 4.74 Å². The lowest BCUT2D eigenvalue weighted by Gasteiger charge is -2.37. The smallest absolute Gasteiger partial charge is 0.228 e. The Labute approximate surface area is 103 Å². The second-order valence-electron chi connectivity index (χ2n) is 5.33. The van der Waals surface area contributed by atoms with Crippen LogP contribution in [0.3, 0.4) is 0 Å². The van der Waals surface area contributed by atoms with Crippen molar-refractivity contribution in [3.63, 3.8) is 0 Å². The van der Waals surface area contributed by atoms with E-state index in [1.54, 1.807) is 6.92 Å². The molecule has 3 unspecified atom stereocenters. The van der Waals surface area contributed by atoms with E-state index in [-0.39, 0.29) is 24.0 Å². The van der Waals surface area contributed by atoms with Gasteiger partial charge in [-0.3, -0.25) is 4.79 Å². The summed E-state index contributed by atoms with van der Waals surface area (Å²) in [5.41, 5.74) is 0. The van der Waals surface area contributed by atoms with Gasteiger partial charge in [0, 0.05) is 19.2 Å². The first-order chi connectivity index (χ1) is 8.18. The van der Waals surface area contributed by atoms with Crippen molar-refractivity contribution in [2.45, 2.75) is 51.2 Å². The molecule has 0 aromatic rings. The van der Waals surface area contributed by atoms with Crippen LogP contribution in [0.5, 0.6) is 0 Å². The molecular weight excluding hydrogens is 218 g/mol. The van der Waals surface area contributed by atoms with E-state index in [1.807, 2.05) is 4.90 Å². The van der Waals surface area contributed by atoms with Crippen molar-refractivity contribution in [1.29, 1.82) is 0 Å². The summed E-state index contributed by atoms with van der Waals surface area (Å²) in [4.78, 5) is 14.4. The van der Waals surface area contributed by atoms with Crippen molar-refractivity contribution in [3.05, 3.63) is 0 Å². The highest BCUT2D eigenvalue weighted by Crippen LogP contribution is 2.25. The van der Waals surface area contributed by atoms with E-state index in [0.29, 0.717) is 19.6 Å². The van der Waals surface area contributed by atoms with Crippen molar-refractivity contribution >= 4 is 5.91 Å². The fourth-order valence-electron chi connectivity index (χ4n) is 2.89. The number of carbonyl (C=O) groups is 1. The number of amides is 1. The molecule has 2 aliphatic rings. The molecule has 2 heterocycles. The molecule has 1 N–H and O–H groups in total. The third-order valence-electron chi connectivity index (χ3n) is 3.80. The summed E-state index contributed by atoms with van der Waals surface area (Å²) in [6.45, 7) is 3.95. The molecule has 98 valence electrons. The third kappa shape index (κ3) is 3.19. The Morgan fingerprint density at radius 1 is 1.47 bits per heavy atom. The monoisotopic (exact) mass is 241 g/mol. The molecule has 0 aliphatic carbocycles. The fourth-order valence-corrected chi connectivity index (χ4v) is 2.89. The van der Waals surface area contributed by atoms with Gasteiger partial charge in [-0.25, -0.2) is 0 Å². The number of rotatable bonds is 3. The van der Waals surface area contributed by atoms with E-state index >= 15 is 0 Å². The van der Waals surface area contributed by atoms with Gasteiger partial charge >= 0.3 is 0 Å². The molecule has 3 atom stereocenters. The van der Waals surface area contributed by atoms with Gasteiger partial charge in [0.05, 0.1) is 18.6 Å². The summed E-state index contributed by atoms with van der Waals surface area (Å²) in [7, 11) is 0. The van der Waals surface area contributed by atoms with Crippen molar-refractivity contribution in [3.8, 4) is 0 Å². The van der Waals surface area contributed by atoms with Crippen LogP contribution >= 0.6 is 0 Å². The Balaban J connectivity index is 1.97. The summed E-state index contributed by atoms with van der Waals surface area (Å²) in [6, 6.07) is 0.233. The average molecular weight is 241 g/mol. The zero-order chi connectivity index (χ0) is 12.3. The SMILES string of the molecule is CC(O)CC1CCCCN1C(=O)C1CCOC1. The van der Waals surface area contributed by atoms with Gasteiger partial charge in [0.25, 0.3) is 0 Å². The molecule has 0 aromatic carbocycles. The number of piperidine rings is 1. The maximum atomic E-state index is 12.4. The summed E-state index contributed by atoms with van der Waals surface area (Å²) in [5, 5.41) is 9.51. The highest BCUT2D eigenvalue weighted by Gasteiger charge is 2.33. The van der Waals surface area contributed by atoms with Gasteiger partial charge in [-0.15, -0.1) is 0 Å². The Morgan fingerprint density at radius 3 is 2.94 bits per heavy atom. The predicted molar refractivity (Wildman–Crippen MR) is 64.6 cm³/mol. The lowest BCUT2D eigenvalue weighted by Crippen LogP contribution is -2.47. The summed E-state index contributed by atoms with van der Waals surface area (Å²) in [5.74, 6) is 0.303. The average Bonchev–Trinajstić information content (AvgIpc) is 2.81. The van der Waals surface area contributed by atoms with Crippen LogP contribution in [0.25, 0.3) is 0 Å². The number of hydrogen-bond donors (Lipinski definition) is 1. The molecule has 0 bridgehead atoms. The highest BCUT2D eigenvalue weighted by molar-refractivity contribution is 5.79. The van der Waals surface area contributed by atoms with Gasteiger partial charge in [0.2, 0.25) is 5.91 Å². The minimum Gasteiger partial charge on any atom is -0.393 e. The van der Waals surface area contributed by atoms with Gasteiger partial charge in [-0.1, -0.05) is 0 Å². The molecule has 2 rings (SSSR count). The van der Waals surface area contributed by atoms with Gasteiger partial charge in [-0.05, 0) is 39.0 Å². The zero-order valence-corrected chi connectivity index (χ0v) is 10.6.